The molecule has 5 aromatic rings. The molecule has 0 aliphatic carbocycles. The van der Waals surface area contributed by atoms with Crippen LogP contribution in [0.25, 0.3) is 33.3 Å². The summed E-state index contributed by atoms with van der Waals surface area (Å²) in [6, 6.07) is 11.9. The minimum absolute atomic E-state index is 0.600. The molecule has 0 bridgehead atoms. The van der Waals surface area contributed by atoms with E-state index in [1.165, 1.54) is 0 Å². The van der Waals surface area contributed by atoms with Crippen molar-refractivity contribution in [3.8, 4) is 11.3 Å². The molecule has 3 N–H and O–H groups in total. The summed E-state index contributed by atoms with van der Waals surface area (Å²) in [5.74, 6) is 0.767. The normalized spacial score (nSPS) is 11.2. The van der Waals surface area contributed by atoms with E-state index in [9.17, 15) is 0 Å². The molecule has 5 rings (SSSR count). The van der Waals surface area contributed by atoms with Crippen molar-refractivity contribution in [1.82, 2.24) is 29.9 Å². The largest absolute Gasteiger partial charge is 0.364 e. The van der Waals surface area contributed by atoms with Crippen LogP contribution in [0.15, 0.2) is 61.3 Å². The quantitative estimate of drug-likeness (QED) is 0.465. The first-order valence-electron chi connectivity index (χ1n) is 8.29. The molecule has 0 aliphatic rings. The lowest BCUT2D eigenvalue weighted by Crippen LogP contribution is -2.03. The van der Waals surface area contributed by atoms with Crippen LogP contribution in [0.4, 0.5) is 5.82 Å². The maximum atomic E-state index is 4.66. The summed E-state index contributed by atoms with van der Waals surface area (Å²) in [6.07, 6.45) is 7.12. The second-order valence-corrected chi connectivity index (χ2v) is 5.93. The first kappa shape index (κ1) is 14.6. The van der Waals surface area contributed by atoms with Gasteiger partial charge in [0.05, 0.1) is 17.9 Å². The molecule has 0 aliphatic heterocycles. The molecule has 0 aromatic carbocycles. The van der Waals surface area contributed by atoms with Gasteiger partial charge in [0.15, 0.2) is 0 Å². The molecule has 126 valence electrons. The van der Waals surface area contributed by atoms with Crippen LogP contribution in [0, 0.1) is 0 Å². The second-order valence-electron chi connectivity index (χ2n) is 5.93. The fraction of sp³-hybridized carbons (Fsp3) is 0.0526. The van der Waals surface area contributed by atoms with E-state index in [0.717, 1.165) is 44.8 Å². The molecule has 0 saturated carbocycles. The van der Waals surface area contributed by atoms with Gasteiger partial charge in [-0.05, 0) is 30.3 Å². The highest BCUT2D eigenvalue weighted by molar-refractivity contribution is 6.01. The number of fused-ring (bicyclic) bond motifs is 2. The molecular weight excluding hydrogens is 326 g/mol. The number of aromatic nitrogens is 6. The Morgan fingerprint density at radius 3 is 2.65 bits per heavy atom. The first-order chi connectivity index (χ1) is 12.9. The highest BCUT2D eigenvalue weighted by Gasteiger charge is 2.13. The van der Waals surface area contributed by atoms with E-state index in [4.69, 9.17) is 0 Å². The molecule has 0 amide bonds. The SMILES string of the molecule is c1ccc(CNc2cc(-c3ncnc4[nH]ccc34)c3cc[nH]c3n2)nc1. The van der Waals surface area contributed by atoms with Crippen LogP contribution in [0.2, 0.25) is 0 Å². The summed E-state index contributed by atoms with van der Waals surface area (Å²) in [5, 5.41) is 5.36. The van der Waals surface area contributed by atoms with E-state index in [1.807, 2.05) is 48.8 Å². The lowest BCUT2D eigenvalue weighted by atomic mass is 10.1. The third kappa shape index (κ3) is 2.46. The van der Waals surface area contributed by atoms with Crippen molar-refractivity contribution in [2.75, 3.05) is 5.32 Å². The Labute approximate surface area is 148 Å². The molecule has 0 spiro atoms. The Balaban J connectivity index is 1.61. The molecule has 7 nitrogen and oxygen atoms in total. The number of aromatic amines is 2. The molecule has 0 radical (unpaired) electrons. The van der Waals surface area contributed by atoms with Crippen molar-refractivity contribution in [1.29, 1.82) is 0 Å². The Kier molecular flexibility index (Phi) is 3.35. The average molecular weight is 341 g/mol. The van der Waals surface area contributed by atoms with Crippen LogP contribution in [0.3, 0.4) is 0 Å². The monoisotopic (exact) mass is 341 g/mol. The Morgan fingerprint density at radius 1 is 0.885 bits per heavy atom. The van der Waals surface area contributed by atoms with Gasteiger partial charge in [-0.25, -0.2) is 15.0 Å². The number of rotatable bonds is 4. The van der Waals surface area contributed by atoms with Crippen molar-refractivity contribution in [2.45, 2.75) is 6.54 Å². The van der Waals surface area contributed by atoms with E-state index >= 15 is 0 Å². The Hall–Kier alpha value is -3.74. The smallest absolute Gasteiger partial charge is 0.141 e. The summed E-state index contributed by atoms with van der Waals surface area (Å²) in [5.41, 5.74) is 4.47. The van der Waals surface area contributed by atoms with Crippen LogP contribution < -0.4 is 5.32 Å². The molecule has 5 aromatic heterocycles. The highest BCUT2D eigenvalue weighted by atomic mass is 15.0. The van der Waals surface area contributed by atoms with Gasteiger partial charge in [-0.2, -0.15) is 0 Å². The number of nitrogens with one attached hydrogen (secondary N) is 3. The third-order valence-electron chi connectivity index (χ3n) is 4.31. The van der Waals surface area contributed by atoms with Gasteiger partial charge in [-0.15, -0.1) is 0 Å². The fourth-order valence-corrected chi connectivity index (χ4v) is 3.09. The molecule has 7 heteroatoms. The molecular formula is C19H15N7. The van der Waals surface area contributed by atoms with Crippen LogP contribution >= 0.6 is 0 Å². The zero-order chi connectivity index (χ0) is 17.3. The molecule has 26 heavy (non-hydrogen) atoms. The van der Waals surface area contributed by atoms with Gasteiger partial charge >= 0.3 is 0 Å². The fourth-order valence-electron chi connectivity index (χ4n) is 3.09. The Bertz CT molecular complexity index is 1190. The average Bonchev–Trinajstić information content (AvgIpc) is 3.35. The van der Waals surface area contributed by atoms with Crippen LogP contribution in [0.5, 0.6) is 0 Å². The zero-order valence-corrected chi connectivity index (χ0v) is 13.8. The lowest BCUT2D eigenvalue weighted by Gasteiger charge is -2.09. The van der Waals surface area contributed by atoms with Gasteiger partial charge in [0.25, 0.3) is 0 Å². The molecule has 0 saturated heterocycles. The topological polar surface area (TPSA) is 95.2 Å². The van der Waals surface area contributed by atoms with E-state index in [-0.39, 0.29) is 0 Å². The minimum atomic E-state index is 0.600. The Morgan fingerprint density at radius 2 is 1.77 bits per heavy atom. The second kappa shape index (κ2) is 5.96. The van der Waals surface area contributed by atoms with Gasteiger partial charge < -0.3 is 15.3 Å². The number of anilines is 1. The van der Waals surface area contributed by atoms with E-state index in [2.05, 4.69) is 35.2 Å². The number of nitrogens with zero attached hydrogens (tertiary/aromatic N) is 4. The number of H-pyrrole nitrogens is 2. The summed E-state index contributed by atoms with van der Waals surface area (Å²) < 4.78 is 0. The van der Waals surface area contributed by atoms with Gasteiger partial charge in [0, 0.05) is 34.9 Å². The van der Waals surface area contributed by atoms with Crippen molar-refractivity contribution in [3.63, 3.8) is 0 Å². The lowest BCUT2D eigenvalue weighted by molar-refractivity contribution is 1.03. The molecule has 0 unspecified atom stereocenters. The predicted octanol–water partition coefficient (Wildman–Crippen LogP) is 3.51. The van der Waals surface area contributed by atoms with Gasteiger partial charge in [-0.3, -0.25) is 4.98 Å². The minimum Gasteiger partial charge on any atom is -0.364 e. The number of pyridine rings is 2. The van der Waals surface area contributed by atoms with E-state index in [0.29, 0.717) is 6.54 Å². The highest BCUT2D eigenvalue weighted by Crippen LogP contribution is 2.32. The molecule has 0 fully saturated rings. The van der Waals surface area contributed by atoms with Crippen LogP contribution in [0.1, 0.15) is 5.69 Å². The zero-order valence-electron chi connectivity index (χ0n) is 13.8. The third-order valence-corrected chi connectivity index (χ3v) is 4.31. The first-order valence-corrected chi connectivity index (χ1v) is 8.29. The number of hydrogen-bond acceptors (Lipinski definition) is 5. The number of hydrogen-bond donors (Lipinski definition) is 3. The predicted molar refractivity (Wildman–Crippen MR) is 101 cm³/mol. The summed E-state index contributed by atoms with van der Waals surface area (Å²) in [6.45, 7) is 0.600. The van der Waals surface area contributed by atoms with E-state index in [1.54, 1.807) is 12.5 Å². The van der Waals surface area contributed by atoms with Gasteiger partial charge in [0.2, 0.25) is 0 Å². The van der Waals surface area contributed by atoms with Crippen molar-refractivity contribution in [2.24, 2.45) is 0 Å². The van der Waals surface area contributed by atoms with Crippen molar-refractivity contribution < 1.29 is 0 Å². The van der Waals surface area contributed by atoms with Crippen LogP contribution in [-0.2, 0) is 6.54 Å². The van der Waals surface area contributed by atoms with Crippen molar-refractivity contribution in [3.05, 3.63) is 67.0 Å². The van der Waals surface area contributed by atoms with Gasteiger partial charge in [-0.1, -0.05) is 6.07 Å². The molecule has 5 heterocycles. The summed E-state index contributed by atoms with van der Waals surface area (Å²) in [7, 11) is 0. The maximum absolute atomic E-state index is 4.66. The summed E-state index contributed by atoms with van der Waals surface area (Å²) in [4.78, 5) is 24.1. The van der Waals surface area contributed by atoms with E-state index < -0.39 is 0 Å². The van der Waals surface area contributed by atoms with Crippen molar-refractivity contribution >= 4 is 27.9 Å². The maximum Gasteiger partial charge on any atom is 0.141 e. The summed E-state index contributed by atoms with van der Waals surface area (Å²) >= 11 is 0. The molecule has 0 atom stereocenters. The standard InChI is InChI=1S/C19H15N7/c1-2-6-20-12(3-1)10-23-16-9-15(13-4-7-22-19(13)26-16)17-14-5-8-21-18(14)25-11-24-17/h1-9,11H,10H2,(H,21,24,25)(H2,22,23,26). The van der Waals surface area contributed by atoms with Gasteiger partial charge in [0.1, 0.15) is 23.4 Å². The van der Waals surface area contributed by atoms with Crippen LogP contribution in [-0.4, -0.2) is 29.9 Å².